The Morgan fingerprint density at radius 2 is 2.14 bits per heavy atom. The predicted octanol–water partition coefficient (Wildman–Crippen LogP) is 3.45. The zero-order valence-corrected chi connectivity index (χ0v) is 13.0. The van der Waals surface area contributed by atoms with Gasteiger partial charge in [0, 0.05) is 29.2 Å². The van der Waals surface area contributed by atoms with Crippen molar-refractivity contribution < 1.29 is 9.21 Å². The van der Waals surface area contributed by atoms with E-state index in [2.05, 4.69) is 10.4 Å². The van der Waals surface area contributed by atoms with Crippen LogP contribution in [0, 0.1) is 6.92 Å². The molecule has 0 fully saturated rings. The maximum Gasteiger partial charge on any atom is 0.255 e. The van der Waals surface area contributed by atoms with Crippen LogP contribution in [0.3, 0.4) is 0 Å². The first-order valence-electron chi connectivity index (χ1n) is 7.35. The van der Waals surface area contributed by atoms with Crippen LogP contribution in [-0.2, 0) is 6.54 Å². The molecule has 1 amide bonds. The van der Waals surface area contributed by atoms with E-state index in [0.717, 1.165) is 22.2 Å². The predicted molar refractivity (Wildman–Crippen MR) is 84.7 cm³/mol. The van der Waals surface area contributed by atoms with E-state index in [1.54, 1.807) is 12.5 Å². The summed E-state index contributed by atoms with van der Waals surface area (Å²) in [4.78, 5) is 12.3. The second kappa shape index (κ2) is 5.67. The van der Waals surface area contributed by atoms with Crippen molar-refractivity contribution in [3.63, 3.8) is 0 Å². The first kappa shape index (κ1) is 14.4. The fourth-order valence-electron chi connectivity index (χ4n) is 2.61. The first-order chi connectivity index (χ1) is 10.6. The van der Waals surface area contributed by atoms with E-state index in [1.807, 2.05) is 49.7 Å². The number of hydrogen-bond acceptors (Lipinski definition) is 3. The van der Waals surface area contributed by atoms with Crippen LogP contribution in [0.1, 0.15) is 41.5 Å². The Balaban J connectivity index is 1.75. The van der Waals surface area contributed by atoms with Crippen molar-refractivity contribution >= 4 is 16.9 Å². The van der Waals surface area contributed by atoms with E-state index in [1.165, 1.54) is 0 Å². The lowest BCUT2D eigenvalue weighted by Crippen LogP contribution is -2.23. The van der Waals surface area contributed by atoms with Crippen LogP contribution in [0.4, 0.5) is 0 Å². The summed E-state index contributed by atoms with van der Waals surface area (Å²) in [7, 11) is 0. The molecule has 3 aromatic rings. The second-order valence-corrected chi connectivity index (χ2v) is 5.62. The largest absolute Gasteiger partial charge is 0.464 e. The third-order valence-corrected chi connectivity index (χ3v) is 3.78. The van der Waals surface area contributed by atoms with Gasteiger partial charge in [0.05, 0.1) is 18.0 Å². The number of benzene rings is 1. The van der Waals surface area contributed by atoms with E-state index >= 15 is 0 Å². The molecular weight excluding hydrogens is 278 g/mol. The summed E-state index contributed by atoms with van der Waals surface area (Å²) in [6.45, 7) is 6.43. The summed E-state index contributed by atoms with van der Waals surface area (Å²) in [5.41, 5.74) is 3.29. The Morgan fingerprint density at radius 3 is 2.86 bits per heavy atom. The third-order valence-electron chi connectivity index (χ3n) is 3.78. The molecule has 0 aliphatic carbocycles. The van der Waals surface area contributed by atoms with Gasteiger partial charge in [-0.05, 0) is 26.8 Å². The van der Waals surface area contributed by atoms with Crippen LogP contribution in [-0.4, -0.2) is 15.7 Å². The summed E-state index contributed by atoms with van der Waals surface area (Å²) in [5, 5.41) is 8.23. The molecule has 0 spiro atoms. The van der Waals surface area contributed by atoms with Crippen molar-refractivity contribution in [2.24, 2.45) is 0 Å². The number of nitrogens with one attached hydrogen (secondary N) is 1. The van der Waals surface area contributed by atoms with Crippen molar-refractivity contribution in [1.82, 2.24) is 15.1 Å². The Labute approximate surface area is 128 Å². The summed E-state index contributed by atoms with van der Waals surface area (Å²) in [6, 6.07) is 8.02. The van der Waals surface area contributed by atoms with Gasteiger partial charge >= 0.3 is 0 Å². The molecule has 0 unspecified atom stereocenters. The lowest BCUT2D eigenvalue weighted by atomic mass is 10.1. The smallest absolute Gasteiger partial charge is 0.255 e. The van der Waals surface area contributed by atoms with Crippen molar-refractivity contribution in [3.05, 3.63) is 53.5 Å². The zero-order chi connectivity index (χ0) is 15.7. The molecule has 0 saturated heterocycles. The second-order valence-electron chi connectivity index (χ2n) is 5.62. The van der Waals surface area contributed by atoms with E-state index in [4.69, 9.17) is 4.42 Å². The number of nitrogens with zero attached hydrogens (tertiary/aromatic N) is 2. The van der Waals surface area contributed by atoms with Gasteiger partial charge < -0.3 is 9.73 Å². The Kier molecular flexibility index (Phi) is 3.71. The third kappa shape index (κ3) is 2.50. The van der Waals surface area contributed by atoms with Crippen LogP contribution >= 0.6 is 0 Å². The number of aromatic nitrogens is 2. The van der Waals surface area contributed by atoms with Gasteiger partial charge in [-0.2, -0.15) is 5.10 Å². The van der Waals surface area contributed by atoms with Crippen LogP contribution in [0.5, 0.6) is 0 Å². The highest BCUT2D eigenvalue weighted by atomic mass is 16.3. The van der Waals surface area contributed by atoms with Gasteiger partial charge in [0.15, 0.2) is 0 Å². The number of rotatable bonds is 4. The molecule has 0 radical (unpaired) electrons. The minimum absolute atomic E-state index is 0.116. The summed E-state index contributed by atoms with van der Waals surface area (Å²) < 4.78 is 7.33. The van der Waals surface area contributed by atoms with Crippen LogP contribution < -0.4 is 5.32 Å². The molecule has 1 aromatic carbocycles. The summed E-state index contributed by atoms with van der Waals surface area (Å²) >= 11 is 0. The van der Waals surface area contributed by atoms with Gasteiger partial charge in [-0.3, -0.25) is 9.48 Å². The topological polar surface area (TPSA) is 60.1 Å². The molecule has 0 aliphatic rings. The molecule has 2 aromatic heterocycles. The maximum absolute atomic E-state index is 12.3. The minimum atomic E-state index is -0.116. The lowest BCUT2D eigenvalue weighted by Gasteiger charge is -2.09. The van der Waals surface area contributed by atoms with Crippen molar-refractivity contribution in [2.75, 3.05) is 0 Å². The molecule has 2 heterocycles. The van der Waals surface area contributed by atoms with Gasteiger partial charge in [-0.15, -0.1) is 0 Å². The fraction of sp³-hybridized carbons (Fsp3) is 0.294. The van der Waals surface area contributed by atoms with Gasteiger partial charge in [0.1, 0.15) is 5.58 Å². The number of carbonyl (C=O) groups excluding carboxylic acids is 1. The average molecular weight is 297 g/mol. The Hall–Kier alpha value is -2.56. The number of carbonyl (C=O) groups is 1. The summed E-state index contributed by atoms with van der Waals surface area (Å²) in [5.74, 6) is -0.116. The molecule has 5 heteroatoms. The average Bonchev–Trinajstić information content (AvgIpc) is 3.08. The SMILES string of the molecule is Cc1c(C(=O)NCc2coc3ccccc23)cnn1C(C)C. The molecule has 22 heavy (non-hydrogen) atoms. The van der Waals surface area contributed by atoms with Crippen molar-refractivity contribution in [3.8, 4) is 0 Å². The number of para-hydroxylation sites is 1. The Bertz CT molecular complexity index is 814. The number of hydrogen-bond donors (Lipinski definition) is 1. The van der Waals surface area contributed by atoms with Gasteiger partial charge in [0.25, 0.3) is 5.91 Å². The molecule has 114 valence electrons. The van der Waals surface area contributed by atoms with E-state index in [9.17, 15) is 4.79 Å². The Morgan fingerprint density at radius 1 is 1.36 bits per heavy atom. The minimum Gasteiger partial charge on any atom is -0.464 e. The molecular formula is C17H19N3O2. The van der Waals surface area contributed by atoms with Crippen LogP contribution in [0.25, 0.3) is 11.0 Å². The van der Waals surface area contributed by atoms with Crippen molar-refractivity contribution in [2.45, 2.75) is 33.4 Å². The standard InChI is InChI=1S/C17H19N3O2/c1-11(2)20-12(3)15(9-19-20)17(21)18-8-13-10-22-16-7-5-4-6-14(13)16/h4-7,9-11H,8H2,1-3H3,(H,18,21). The van der Waals surface area contributed by atoms with Gasteiger partial charge in [-0.25, -0.2) is 0 Å². The molecule has 3 rings (SSSR count). The number of furan rings is 1. The molecule has 0 saturated carbocycles. The maximum atomic E-state index is 12.3. The molecule has 0 atom stereocenters. The van der Waals surface area contributed by atoms with Crippen LogP contribution in [0.15, 0.2) is 41.1 Å². The van der Waals surface area contributed by atoms with Gasteiger partial charge in [-0.1, -0.05) is 18.2 Å². The van der Waals surface area contributed by atoms with E-state index in [-0.39, 0.29) is 11.9 Å². The summed E-state index contributed by atoms with van der Waals surface area (Å²) in [6.07, 6.45) is 3.31. The molecule has 1 N–H and O–H groups in total. The van der Waals surface area contributed by atoms with Crippen LogP contribution in [0.2, 0.25) is 0 Å². The molecule has 0 aliphatic heterocycles. The molecule has 0 bridgehead atoms. The first-order valence-corrected chi connectivity index (χ1v) is 7.35. The highest BCUT2D eigenvalue weighted by Gasteiger charge is 2.16. The zero-order valence-electron chi connectivity index (χ0n) is 13.0. The number of fused-ring (bicyclic) bond motifs is 1. The highest BCUT2D eigenvalue weighted by molar-refractivity contribution is 5.95. The quantitative estimate of drug-likeness (QED) is 0.802. The number of amides is 1. The molecule has 5 nitrogen and oxygen atoms in total. The van der Waals surface area contributed by atoms with E-state index in [0.29, 0.717) is 12.1 Å². The lowest BCUT2D eigenvalue weighted by molar-refractivity contribution is 0.0950. The fourth-order valence-corrected chi connectivity index (χ4v) is 2.61. The van der Waals surface area contributed by atoms with Crippen molar-refractivity contribution in [1.29, 1.82) is 0 Å². The highest BCUT2D eigenvalue weighted by Crippen LogP contribution is 2.20. The van der Waals surface area contributed by atoms with E-state index < -0.39 is 0 Å². The van der Waals surface area contributed by atoms with Gasteiger partial charge in [0.2, 0.25) is 0 Å². The normalized spacial score (nSPS) is 11.3. The monoisotopic (exact) mass is 297 g/mol.